The Morgan fingerprint density at radius 3 is 2.58 bits per heavy atom. The van der Waals surface area contributed by atoms with Crippen LogP contribution < -0.4 is 0 Å². The van der Waals surface area contributed by atoms with Crippen LogP contribution in [0.5, 0.6) is 0 Å². The SMILES string of the molecule is CC1(OCc2ccccc2)CCCCN1CCc1ccccc1Cl. The Morgan fingerprint density at radius 1 is 1.04 bits per heavy atom. The van der Waals surface area contributed by atoms with Crippen molar-refractivity contribution < 1.29 is 4.74 Å². The minimum absolute atomic E-state index is 0.185. The first-order valence-corrected chi connectivity index (χ1v) is 9.21. The van der Waals surface area contributed by atoms with Crippen LogP contribution >= 0.6 is 11.6 Å². The van der Waals surface area contributed by atoms with E-state index in [2.05, 4.69) is 48.2 Å². The van der Waals surface area contributed by atoms with Crippen molar-refractivity contribution in [2.45, 2.75) is 44.9 Å². The highest BCUT2D eigenvalue weighted by molar-refractivity contribution is 6.31. The van der Waals surface area contributed by atoms with Gasteiger partial charge in [0.15, 0.2) is 0 Å². The van der Waals surface area contributed by atoms with Gasteiger partial charge >= 0.3 is 0 Å². The van der Waals surface area contributed by atoms with E-state index in [-0.39, 0.29) is 5.72 Å². The van der Waals surface area contributed by atoms with Gasteiger partial charge in [0.2, 0.25) is 0 Å². The monoisotopic (exact) mass is 343 g/mol. The van der Waals surface area contributed by atoms with Gasteiger partial charge in [-0.3, -0.25) is 4.90 Å². The van der Waals surface area contributed by atoms with Crippen molar-refractivity contribution in [3.8, 4) is 0 Å². The van der Waals surface area contributed by atoms with Gasteiger partial charge in [0.05, 0.1) is 6.61 Å². The summed E-state index contributed by atoms with van der Waals surface area (Å²) in [6.45, 7) is 4.98. The predicted octanol–water partition coefficient (Wildman–Crippen LogP) is 5.30. The summed E-state index contributed by atoms with van der Waals surface area (Å²) in [4.78, 5) is 2.49. The quantitative estimate of drug-likeness (QED) is 0.705. The van der Waals surface area contributed by atoms with Crippen LogP contribution in [0.1, 0.15) is 37.3 Å². The molecule has 1 unspecified atom stereocenters. The smallest absolute Gasteiger partial charge is 0.119 e. The molecule has 2 aromatic rings. The molecule has 0 aromatic heterocycles. The molecule has 0 amide bonds. The molecule has 3 heteroatoms. The largest absolute Gasteiger partial charge is 0.356 e. The van der Waals surface area contributed by atoms with Gasteiger partial charge in [0.25, 0.3) is 0 Å². The highest BCUT2D eigenvalue weighted by Crippen LogP contribution is 2.30. The van der Waals surface area contributed by atoms with Crippen LogP contribution in [0.25, 0.3) is 0 Å². The molecule has 2 nitrogen and oxygen atoms in total. The van der Waals surface area contributed by atoms with Crippen LogP contribution in [0.15, 0.2) is 54.6 Å². The number of nitrogens with zero attached hydrogens (tertiary/aromatic N) is 1. The first-order chi connectivity index (χ1) is 11.7. The molecule has 24 heavy (non-hydrogen) atoms. The predicted molar refractivity (Wildman–Crippen MR) is 100 cm³/mol. The summed E-state index contributed by atoms with van der Waals surface area (Å²) in [5.41, 5.74) is 2.26. The Bertz CT molecular complexity index is 645. The Labute approximate surface area is 150 Å². The fourth-order valence-electron chi connectivity index (χ4n) is 3.43. The summed E-state index contributed by atoms with van der Waals surface area (Å²) >= 11 is 6.30. The fourth-order valence-corrected chi connectivity index (χ4v) is 3.66. The molecular weight excluding hydrogens is 318 g/mol. The van der Waals surface area contributed by atoms with Crippen LogP contribution in [0.4, 0.5) is 0 Å². The van der Waals surface area contributed by atoms with Gasteiger partial charge in [-0.2, -0.15) is 0 Å². The van der Waals surface area contributed by atoms with Gasteiger partial charge in [0, 0.05) is 18.1 Å². The Kier molecular flexibility index (Phi) is 5.94. The van der Waals surface area contributed by atoms with E-state index < -0.39 is 0 Å². The molecule has 0 bridgehead atoms. The number of halogens is 1. The molecule has 1 atom stereocenters. The van der Waals surface area contributed by atoms with Gasteiger partial charge in [0.1, 0.15) is 5.72 Å². The molecule has 1 saturated heterocycles. The van der Waals surface area contributed by atoms with Gasteiger partial charge < -0.3 is 4.74 Å². The molecule has 1 heterocycles. The number of rotatable bonds is 6. The first-order valence-electron chi connectivity index (χ1n) is 8.84. The maximum atomic E-state index is 6.38. The Hall–Kier alpha value is -1.35. The van der Waals surface area contributed by atoms with Crippen molar-refractivity contribution in [2.24, 2.45) is 0 Å². The Balaban J connectivity index is 1.62. The molecule has 128 valence electrons. The highest BCUT2D eigenvalue weighted by atomic mass is 35.5. The van der Waals surface area contributed by atoms with Crippen molar-refractivity contribution in [3.05, 3.63) is 70.7 Å². The molecule has 1 aliphatic rings. The van der Waals surface area contributed by atoms with Crippen LogP contribution in [0.2, 0.25) is 5.02 Å². The lowest BCUT2D eigenvalue weighted by molar-refractivity contribution is -0.170. The van der Waals surface area contributed by atoms with Crippen molar-refractivity contribution in [1.82, 2.24) is 4.90 Å². The number of ether oxygens (including phenoxy) is 1. The molecule has 3 rings (SSSR count). The number of hydrogen-bond acceptors (Lipinski definition) is 2. The van der Waals surface area contributed by atoms with Crippen LogP contribution in [-0.4, -0.2) is 23.7 Å². The van der Waals surface area contributed by atoms with E-state index in [0.29, 0.717) is 6.61 Å². The number of likely N-dealkylation sites (tertiary alicyclic amines) is 1. The van der Waals surface area contributed by atoms with Gasteiger partial charge in [-0.15, -0.1) is 0 Å². The van der Waals surface area contributed by atoms with Gasteiger partial charge in [-0.1, -0.05) is 60.1 Å². The van der Waals surface area contributed by atoms with E-state index >= 15 is 0 Å². The first kappa shape index (κ1) is 17.5. The number of piperidine rings is 1. The second kappa shape index (κ2) is 8.15. The molecule has 1 fully saturated rings. The van der Waals surface area contributed by atoms with Gasteiger partial charge in [-0.05, 0) is 49.8 Å². The molecule has 0 spiro atoms. The lowest BCUT2D eigenvalue weighted by Gasteiger charge is -2.44. The number of benzene rings is 2. The summed E-state index contributed by atoms with van der Waals surface area (Å²) in [5, 5.41) is 0.862. The minimum Gasteiger partial charge on any atom is -0.356 e. The number of hydrogen-bond donors (Lipinski definition) is 0. The summed E-state index contributed by atoms with van der Waals surface area (Å²) in [5.74, 6) is 0. The Morgan fingerprint density at radius 2 is 1.79 bits per heavy atom. The molecule has 0 N–H and O–H groups in total. The van der Waals surface area contributed by atoms with Crippen molar-refractivity contribution in [1.29, 1.82) is 0 Å². The topological polar surface area (TPSA) is 12.5 Å². The maximum Gasteiger partial charge on any atom is 0.119 e. The second-order valence-corrected chi connectivity index (χ2v) is 7.14. The van der Waals surface area contributed by atoms with E-state index in [0.717, 1.165) is 31.0 Å². The van der Waals surface area contributed by atoms with Crippen molar-refractivity contribution >= 4 is 11.6 Å². The van der Waals surface area contributed by atoms with Gasteiger partial charge in [-0.25, -0.2) is 0 Å². The molecule has 2 aromatic carbocycles. The van der Waals surface area contributed by atoms with Crippen LogP contribution in [-0.2, 0) is 17.8 Å². The van der Waals surface area contributed by atoms with Crippen LogP contribution in [0.3, 0.4) is 0 Å². The van der Waals surface area contributed by atoms with Crippen molar-refractivity contribution in [2.75, 3.05) is 13.1 Å². The van der Waals surface area contributed by atoms with E-state index in [1.807, 2.05) is 18.2 Å². The van der Waals surface area contributed by atoms with E-state index in [9.17, 15) is 0 Å². The van der Waals surface area contributed by atoms with E-state index in [1.54, 1.807) is 0 Å². The fraction of sp³-hybridized carbons (Fsp3) is 0.429. The zero-order chi connectivity index (χ0) is 16.8. The molecule has 0 saturated carbocycles. The molecular formula is C21H26ClNO. The average molecular weight is 344 g/mol. The third kappa shape index (κ3) is 4.38. The standard InChI is InChI=1S/C21H26ClNO/c1-21(24-17-18-9-3-2-4-10-18)14-7-8-15-23(21)16-13-19-11-5-6-12-20(19)22/h2-6,9-12H,7-8,13-17H2,1H3. The average Bonchev–Trinajstić information content (AvgIpc) is 2.62. The zero-order valence-electron chi connectivity index (χ0n) is 14.4. The normalized spacial score (nSPS) is 21.8. The summed E-state index contributed by atoms with van der Waals surface area (Å²) < 4.78 is 6.38. The van der Waals surface area contributed by atoms with Crippen molar-refractivity contribution in [3.63, 3.8) is 0 Å². The summed E-state index contributed by atoms with van der Waals surface area (Å²) in [6, 6.07) is 18.6. The molecule has 0 aliphatic carbocycles. The van der Waals surface area contributed by atoms with E-state index in [1.165, 1.54) is 24.0 Å². The summed E-state index contributed by atoms with van der Waals surface area (Å²) in [6.07, 6.45) is 4.52. The lowest BCUT2D eigenvalue weighted by Crippen LogP contribution is -2.52. The third-order valence-corrected chi connectivity index (χ3v) is 5.36. The highest BCUT2D eigenvalue weighted by Gasteiger charge is 2.34. The third-order valence-electron chi connectivity index (χ3n) is 4.99. The van der Waals surface area contributed by atoms with E-state index in [4.69, 9.17) is 16.3 Å². The zero-order valence-corrected chi connectivity index (χ0v) is 15.1. The second-order valence-electron chi connectivity index (χ2n) is 6.73. The van der Waals surface area contributed by atoms with Crippen LogP contribution in [0, 0.1) is 0 Å². The molecule has 0 radical (unpaired) electrons. The lowest BCUT2D eigenvalue weighted by atomic mass is 9.98. The molecule has 1 aliphatic heterocycles. The minimum atomic E-state index is -0.185. The maximum absolute atomic E-state index is 6.38. The summed E-state index contributed by atoms with van der Waals surface area (Å²) in [7, 11) is 0.